The molecular formula is C12H21NO3. The minimum atomic E-state index is -0.683. The summed E-state index contributed by atoms with van der Waals surface area (Å²) < 4.78 is 5.52. The van der Waals surface area contributed by atoms with E-state index in [1.165, 1.54) is 0 Å². The monoisotopic (exact) mass is 227 g/mol. The Balaban J connectivity index is 1.76. The molecule has 92 valence electrons. The molecule has 0 radical (unpaired) electrons. The average Bonchev–Trinajstić information content (AvgIpc) is 2.88. The van der Waals surface area contributed by atoms with Crippen molar-refractivity contribution in [2.24, 2.45) is 0 Å². The lowest BCUT2D eigenvalue weighted by Crippen LogP contribution is -2.50. The highest BCUT2D eigenvalue weighted by atomic mass is 16.5. The van der Waals surface area contributed by atoms with Crippen LogP contribution in [0.5, 0.6) is 0 Å². The lowest BCUT2D eigenvalue weighted by Gasteiger charge is -2.26. The molecule has 1 saturated heterocycles. The molecule has 1 unspecified atom stereocenters. The number of ether oxygens (including phenoxy) is 1. The van der Waals surface area contributed by atoms with Crippen LogP contribution in [0.1, 0.15) is 44.9 Å². The minimum absolute atomic E-state index is 0.347. The number of nitrogens with one attached hydrogen (secondary N) is 1. The number of hydrogen-bond acceptors (Lipinski definition) is 3. The third-order valence-corrected chi connectivity index (χ3v) is 3.82. The van der Waals surface area contributed by atoms with Crippen molar-refractivity contribution in [2.75, 3.05) is 13.2 Å². The van der Waals surface area contributed by atoms with Gasteiger partial charge < -0.3 is 15.2 Å². The zero-order valence-electron chi connectivity index (χ0n) is 9.71. The van der Waals surface area contributed by atoms with Crippen LogP contribution in [0, 0.1) is 0 Å². The Hall–Kier alpha value is -0.610. The molecule has 4 nitrogen and oxygen atoms in total. The summed E-state index contributed by atoms with van der Waals surface area (Å²) in [5.41, 5.74) is -0.640. The van der Waals surface area contributed by atoms with Crippen molar-refractivity contribution in [1.82, 2.24) is 5.32 Å². The van der Waals surface area contributed by atoms with Crippen molar-refractivity contribution in [1.29, 1.82) is 0 Å². The normalized spacial score (nSPS) is 28.4. The molecule has 0 aromatic heterocycles. The predicted octanol–water partition coefficient (Wildman–Crippen LogP) is 1.54. The minimum Gasteiger partial charge on any atom is -0.480 e. The van der Waals surface area contributed by atoms with Crippen LogP contribution in [0.3, 0.4) is 0 Å². The summed E-state index contributed by atoms with van der Waals surface area (Å²) in [6.45, 7) is 1.63. The number of carbonyl (C=O) groups is 1. The van der Waals surface area contributed by atoms with Gasteiger partial charge in [-0.2, -0.15) is 0 Å². The van der Waals surface area contributed by atoms with Crippen LogP contribution in [0.4, 0.5) is 0 Å². The fraction of sp³-hybridized carbons (Fsp3) is 0.917. The van der Waals surface area contributed by atoms with E-state index in [1.54, 1.807) is 0 Å². The summed E-state index contributed by atoms with van der Waals surface area (Å²) in [7, 11) is 0. The molecule has 16 heavy (non-hydrogen) atoms. The Morgan fingerprint density at radius 1 is 1.38 bits per heavy atom. The van der Waals surface area contributed by atoms with Crippen molar-refractivity contribution >= 4 is 5.97 Å². The zero-order valence-corrected chi connectivity index (χ0v) is 9.71. The van der Waals surface area contributed by atoms with Gasteiger partial charge in [0.1, 0.15) is 5.54 Å². The van der Waals surface area contributed by atoms with Gasteiger partial charge in [-0.05, 0) is 38.6 Å². The fourth-order valence-corrected chi connectivity index (χ4v) is 2.79. The molecule has 0 bridgehead atoms. The van der Waals surface area contributed by atoms with Gasteiger partial charge in [0.2, 0.25) is 0 Å². The average molecular weight is 227 g/mol. The first-order chi connectivity index (χ1) is 7.73. The molecule has 2 N–H and O–H groups in total. The molecule has 2 fully saturated rings. The van der Waals surface area contributed by atoms with E-state index in [2.05, 4.69) is 5.32 Å². The van der Waals surface area contributed by atoms with Crippen LogP contribution in [0.2, 0.25) is 0 Å². The van der Waals surface area contributed by atoms with E-state index >= 15 is 0 Å². The lowest BCUT2D eigenvalue weighted by atomic mass is 9.97. The lowest BCUT2D eigenvalue weighted by molar-refractivity contribution is -0.144. The van der Waals surface area contributed by atoms with Crippen LogP contribution in [-0.2, 0) is 9.53 Å². The molecule has 1 aliphatic carbocycles. The largest absolute Gasteiger partial charge is 0.480 e. The highest BCUT2D eigenvalue weighted by Gasteiger charge is 2.40. The Labute approximate surface area is 96.4 Å². The Bertz CT molecular complexity index is 243. The van der Waals surface area contributed by atoms with Gasteiger partial charge in [0.15, 0.2) is 0 Å². The van der Waals surface area contributed by atoms with Crippen molar-refractivity contribution < 1.29 is 14.6 Å². The molecular weight excluding hydrogens is 206 g/mol. The zero-order chi connectivity index (χ0) is 11.4. The molecule has 2 aliphatic rings. The van der Waals surface area contributed by atoms with Gasteiger partial charge in [0, 0.05) is 6.61 Å². The van der Waals surface area contributed by atoms with E-state index in [-0.39, 0.29) is 0 Å². The van der Waals surface area contributed by atoms with Crippen molar-refractivity contribution in [3.05, 3.63) is 0 Å². The van der Waals surface area contributed by atoms with Gasteiger partial charge in [-0.25, -0.2) is 0 Å². The second kappa shape index (κ2) is 5.15. The quantitative estimate of drug-likeness (QED) is 0.748. The number of carboxylic acid groups (broad SMARTS) is 1. The van der Waals surface area contributed by atoms with Gasteiger partial charge >= 0.3 is 5.97 Å². The Morgan fingerprint density at radius 3 is 2.69 bits per heavy atom. The molecule has 0 aromatic carbocycles. The molecule has 0 amide bonds. The molecule has 1 atom stereocenters. The van der Waals surface area contributed by atoms with Crippen molar-refractivity contribution in [3.63, 3.8) is 0 Å². The molecule has 0 spiro atoms. The molecule has 2 rings (SSSR count). The van der Waals surface area contributed by atoms with Crippen LogP contribution in [-0.4, -0.2) is 35.9 Å². The molecule has 1 aliphatic heterocycles. The summed E-state index contributed by atoms with van der Waals surface area (Å²) in [6, 6.07) is 0. The summed E-state index contributed by atoms with van der Waals surface area (Å²) in [6.07, 6.45) is 7.16. The van der Waals surface area contributed by atoms with Crippen LogP contribution >= 0.6 is 0 Å². The van der Waals surface area contributed by atoms with E-state index in [0.717, 1.165) is 58.1 Å². The van der Waals surface area contributed by atoms with Crippen LogP contribution < -0.4 is 5.32 Å². The number of hydrogen-bond donors (Lipinski definition) is 2. The first-order valence-corrected chi connectivity index (χ1v) is 6.33. The first-order valence-electron chi connectivity index (χ1n) is 6.33. The Morgan fingerprint density at radius 2 is 2.12 bits per heavy atom. The van der Waals surface area contributed by atoms with Crippen molar-refractivity contribution in [2.45, 2.75) is 56.6 Å². The number of rotatable bonds is 5. The third-order valence-electron chi connectivity index (χ3n) is 3.82. The summed E-state index contributed by atoms with van der Waals surface area (Å²) >= 11 is 0. The molecule has 1 heterocycles. The first kappa shape index (κ1) is 11.9. The summed E-state index contributed by atoms with van der Waals surface area (Å²) in [4.78, 5) is 11.3. The van der Waals surface area contributed by atoms with Gasteiger partial charge in [0.05, 0.1) is 6.10 Å². The smallest absolute Gasteiger partial charge is 0.323 e. The maximum absolute atomic E-state index is 11.3. The molecule has 1 saturated carbocycles. The fourth-order valence-electron chi connectivity index (χ4n) is 2.79. The highest BCUT2D eigenvalue weighted by Crippen LogP contribution is 2.30. The van der Waals surface area contributed by atoms with Crippen LogP contribution in [0.25, 0.3) is 0 Å². The van der Waals surface area contributed by atoms with E-state index in [1.807, 2.05) is 0 Å². The second-order valence-corrected chi connectivity index (χ2v) is 4.94. The molecule has 0 aromatic rings. The highest BCUT2D eigenvalue weighted by molar-refractivity contribution is 5.79. The summed E-state index contributed by atoms with van der Waals surface area (Å²) in [5, 5.41) is 12.5. The van der Waals surface area contributed by atoms with Gasteiger partial charge in [-0.1, -0.05) is 12.8 Å². The third kappa shape index (κ3) is 2.55. The van der Waals surface area contributed by atoms with Gasteiger partial charge in [-0.3, -0.25) is 4.79 Å². The van der Waals surface area contributed by atoms with Gasteiger partial charge in [-0.15, -0.1) is 0 Å². The Kier molecular flexibility index (Phi) is 3.82. The maximum atomic E-state index is 11.3. The van der Waals surface area contributed by atoms with E-state index < -0.39 is 11.5 Å². The van der Waals surface area contributed by atoms with Gasteiger partial charge in [0.25, 0.3) is 0 Å². The second-order valence-electron chi connectivity index (χ2n) is 4.94. The van der Waals surface area contributed by atoms with E-state index in [0.29, 0.717) is 6.10 Å². The van der Waals surface area contributed by atoms with Crippen LogP contribution in [0.15, 0.2) is 0 Å². The van der Waals surface area contributed by atoms with E-state index in [9.17, 15) is 9.90 Å². The topological polar surface area (TPSA) is 58.6 Å². The number of carboxylic acids is 1. The SMILES string of the molecule is O=C(O)C1(NCCC2CCCO2)CCCC1. The standard InChI is InChI=1S/C12H21NO3/c14-11(15)12(6-1-2-7-12)13-8-5-10-4-3-9-16-10/h10,13H,1-9H2,(H,14,15). The van der Waals surface area contributed by atoms with Crippen molar-refractivity contribution in [3.8, 4) is 0 Å². The van der Waals surface area contributed by atoms with E-state index in [4.69, 9.17) is 4.74 Å². The maximum Gasteiger partial charge on any atom is 0.323 e. The number of aliphatic carboxylic acids is 1. The molecule has 4 heteroatoms. The predicted molar refractivity (Wildman–Crippen MR) is 60.4 cm³/mol. The summed E-state index contributed by atoms with van der Waals surface area (Å²) in [5.74, 6) is -0.683.